The van der Waals surface area contributed by atoms with Crippen molar-refractivity contribution in [2.45, 2.75) is 6.04 Å². The van der Waals surface area contributed by atoms with Crippen LogP contribution in [0.2, 0.25) is 0 Å². The first kappa shape index (κ1) is 16.9. The van der Waals surface area contributed by atoms with Gasteiger partial charge in [-0.15, -0.1) is 0 Å². The molecule has 25 heavy (non-hydrogen) atoms. The molecule has 2 N–H and O–H groups in total. The number of nitrogens with zero attached hydrogens (tertiary/aromatic N) is 2. The summed E-state index contributed by atoms with van der Waals surface area (Å²) in [5, 5.41) is 10.4. The smallest absolute Gasteiger partial charge is 0.272 e. The number of H-pyrrole nitrogens is 1. The van der Waals surface area contributed by atoms with E-state index in [-0.39, 0.29) is 23.2 Å². The molecule has 3 aromatic rings. The molecule has 0 spiro atoms. The Morgan fingerprint density at radius 2 is 1.72 bits per heavy atom. The molecule has 1 atom stereocenters. The molecule has 6 heteroatoms. The van der Waals surface area contributed by atoms with Crippen molar-refractivity contribution in [3.63, 3.8) is 0 Å². The third kappa shape index (κ3) is 3.75. The Bertz CT molecular complexity index is 935. The van der Waals surface area contributed by atoms with E-state index >= 15 is 0 Å². The lowest BCUT2D eigenvalue weighted by Crippen LogP contribution is -2.36. The van der Waals surface area contributed by atoms with Gasteiger partial charge in [-0.05, 0) is 25.7 Å². The van der Waals surface area contributed by atoms with Gasteiger partial charge in [0.25, 0.3) is 11.5 Å². The van der Waals surface area contributed by atoms with E-state index in [9.17, 15) is 9.59 Å². The Morgan fingerprint density at radius 1 is 1.08 bits per heavy atom. The van der Waals surface area contributed by atoms with Crippen LogP contribution in [0.3, 0.4) is 0 Å². The van der Waals surface area contributed by atoms with Crippen molar-refractivity contribution in [2.75, 3.05) is 20.6 Å². The van der Waals surface area contributed by atoms with Crippen LogP contribution in [0.15, 0.2) is 59.4 Å². The first-order valence-corrected chi connectivity index (χ1v) is 8.04. The fourth-order valence-electron chi connectivity index (χ4n) is 2.80. The average molecular weight is 336 g/mol. The summed E-state index contributed by atoms with van der Waals surface area (Å²) in [6.07, 6.45) is 0. The fraction of sp³-hybridized carbons (Fsp3) is 0.211. The van der Waals surface area contributed by atoms with Gasteiger partial charge in [-0.2, -0.15) is 5.10 Å². The zero-order valence-corrected chi connectivity index (χ0v) is 14.2. The van der Waals surface area contributed by atoms with Crippen molar-refractivity contribution in [2.24, 2.45) is 0 Å². The molecule has 6 nitrogen and oxygen atoms in total. The Kier molecular flexibility index (Phi) is 4.90. The van der Waals surface area contributed by atoms with Gasteiger partial charge >= 0.3 is 0 Å². The topological polar surface area (TPSA) is 78.1 Å². The summed E-state index contributed by atoms with van der Waals surface area (Å²) in [5.74, 6) is -0.317. The summed E-state index contributed by atoms with van der Waals surface area (Å²) in [7, 11) is 3.91. The van der Waals surface area contributed by atoms with E-state index in [0.717, 1.165) is 5.56 Å². The van der Waals surface area contributed by atoms with Crippen LogP contribution in [0.1, 0.15) is 22.1 Å². The second kappa shape index (κ2) is 7.27. The number of aromatic nitrogens is 2. The molecule has 0 aliphatic carbocycles. The van der Waals surface area contributed by atoms with Gasteiger partial charge in [0, 0.05) is 11.9 Å². The number of likely N-dealkylation sites (N-methyl/N-ethyl adjacent to an activating group) is 1. The molecule has 0 saturated carbocycles. The molecular formula is C19H20N4O2. The number of carbonyl (C=O) groups excluding carboxylic acids is 1. The van der Waals surface area contributed by atoms with Gasteiger partial charge < -0.3 is 10.2 Å². The zero-order chi connectivity index (χ0) is 17.8. The minimum atomic E-state index is -0.317. The standard InChI is InChI=1S/C19H20N4O2/c1-23(2)12-16(13-8-4-3-5-9-13)20-19(25)17-14-10-6-7-11-15(14)18(24)22-21-17/h3-11,16H,12H2,1-2H3,(H,20,25)(H,22,24). The van der Waals surface area contributed by atoms with Crippen LogP contribution in [0.25, 0.3) is 10.8 Å². The lowest BCUT2D eigenvalue weighted by molar-refractivity contribution is 0.0925. The summed E-state index contributed by atoms with van der Waals surface area (Å²) in [6, 6.07) is 16.6. The van der Waals surface area contributed by atoms with Crippen molar-refractivity contribution in [1.29, 1.82) is 0 Å². The average Bonchev–Trinajstić information content (AvgIpc) is 2.62. The van der Waals surface area contributed by atoms with Crippen LogP contribution < -0.4 is 10.9 Å². The van der Waals surface area contributed by atoms with Gasteiger partial charge in [0.05, 0.1) is 11.4 Å². The van der Waals surface area contributed by atoms with E-state index in [2.05, 4.69) is 15.5 Å². The maximum Gasteiger partial charge on any atom is 0.272 e. The molecule has 0 saturated heterocycles. The number of hydrogen-bond acceptors (Lipinski definition) is 4. The molecule has 0 bridgehead atoms. The lowest BCUT2D eigenvalue weighted by Gasteiger charge is -2.22. The van der Waals surface area contributed by atoms with Crippen molar-refractivity contribution in [1.82, 2.24) is 20.4 Å². The van der Waals surface area contributed by atoms with Gasteiger partial charge in [0.1, 0.15) is 0 Å². The normalized spacial score (nSPS) is 12.3. The van der Waals surface area contributed by atoms with E-state index in [1.54, 1.807) is 24.3 Å². The van der Waals surface area contributed by atoms with E-state index in [1.807, 2.05) is 49.3 Å². The number of nitrogens with one attached hydrogen (secondary N) is 2. The minimum Gasteiger partial charge on any atom is -0.343 e. The third-order valence-electron chi connectivity index (χ3n) is 3.97. The Balaban J connectivity index is 1.95. The molecule has 128 valence electrons. The van der Waals surface area contributed by atoms with Crippen LogP contribution in [0, 0.1) is 0 Å². The highest BCUT2D eigenvalue weighted by atomic mass is 16.2. The largest absolute Gasteiger partial charge is 0.343 e. The highest BCUT2D eigenvalue weighted by molar-refractivity contribution is 6.04. The van der Waals surface area contributed by atoms with Gasteiger partial charge in [-0.1, -0.05) is 48.5 Å². The summed E-state index contributed by atoms with van der Waals surface area (Å²) in [4.78, 5) is 26.7. The number of hydrogen-bond donors (Lipinski definition) is 2. The van der Waals surface area contributed by atoms with E-state index in [1.165, 1.54) is 0 Å². The van der Waals surface area contributed by atoms with Crippen LogP contribution >= 0.6 is 0 Å². The molecule has 0 aliphatic heterocycles. The quantitative estimate of drug-likeness (QED) is 0.746. The molecule has 1 amide bonds. The predicted octanol–water partition coefficient (Wildman–Crippen LogP) is 1.96. The highest BCUT2D eigenvalue weighted by Gasteiger charge is 2.19. The van der Waals surface area contributed by atoms with E-state index in [0.29, 0.717) is 17.3 Å². The van der Waals surface area contributed by atoms with E-state index < -0.39 is 0 Å². The SMILES string of the molecule is CN(C)CC(NC(=O)c1n[nH]c(=O)c2ccccc12)c1ccccc1. The van der Waals surface area contributed by atoms with Crippen LogP contribution in [-0.2, 0) is 0 Å². The number of rotatable bonds is 5. The first-order valence-electron chi connectivity index (χ1n) is 8.04. The van der Waals surface area contributed by atoms with Crippen LogP contribution in [0.4, 0.5) is 0 Å². The molecule has 3 rings (SSSR count). The van der Waals surface area contributed by atoms with Gasteiger partial charge in [0.15, 0.2) is 5.69 Å². The third-order valence-corrected chi connectivity index (χ3v) is 3.97. The number of fused-ring (bicyclic) bond motifs is 1. The summed E-state index contributed by atoms with van der Waals surface area (Å²) in [5.41, 5.74) is 0.924. The van der Waals surface area contributed by atoms with Gasteiger partial charge in [-0.25, -0.2) is 5.10 Å². The monoisotopic (exact) mass is 336 g/mol. The molecule has 1 unspecified atom stereocenters. The summed E-state index contributed by atoms with van der Waals surface area (Å²) in [6.45, 7) is 0.650. The Hall–Kier alpha value is -2.99. The minimum absolute atomic E-state index is 0.184. The molecule has 2 aromatic carbocycles. The number of aromatic amines is 1. The Labute approximate surface area is 145 Å². The number of benzene rings is 2. The van der Waals surface area contributed by atoms with Crippen molar-refractivity contribution in [3.05, 3.63) is 76.2 Å². The molecule has 0 radical (unpaired) electrons. The summed E-state index contributed by atoms with van der Waals surface area (Å²) >= 11 is 0. The van der Waals surface area contributed by atoms with Gasteiger partial charge in [-0.3, -0.25) is 9.59 Å². The van der Waals surface area contributed by atoms with Crippen LogP contribution in [-0.4, -0.2) is 41.6 Å². The van der Waals surface area contributed by atoms with Crippen molar-refractivity contribution in [3.8, 4) is 0 Å². The first-order chi connectivity index (χ1) is 12.1. The maximum atomic E-state index is 12.8. The van der Waals surface area contributed by atoms with Crippen LogP contribution in [0.5, 0.6) is 0 Å². The van der Waals surface area contributed by atoms with Gasteiger partial charge in [0.2, 0.25) is 0 Å². The fourth-order valence-corrected chi connectivity index (χ4v) is 2.80. The van der Waals surface area contributed by atoms with Crippen molar-refractivity contribution < 1.29 is 4.79 Å². The second-order valence-corrected chi connectivity index (χ2v) is 6.15. The predicted molar refractivity (Wildman–Crippen MR) is 97.6 cm³/mol. The zero-order valence-electron chi connectivity index (χ0n) is 14.2. The summed E-state index contributed by atoms with van der Waals surface area (Å²) < 4.78 is 0. The molecule has 1 heterocycles. The molecule has 0 fully saturated rings. The Morgan fingerprint density at radius 3 is 2.40 bits per heavy atom. The molecular weight excluding hydrogens is 316 g/mol. The van der Waals surface area contributed by atoms with E-state index in [4.69, 9.17) is 0 Å². The highest BCUT2D eigenvalue weighted by Crippen LogP contribution is 2.16. The number of amides is 1. The molecule has 1 aromatic heterocycles. The number of carbonyl (C=O) groups is 1. The maximum absolute atomic E-state index is 12.8. The van der Waals surface area contributed by atoms with Crippen molar-refractivity contribution >= 4 is 16.7 Å². The second-order valence-electron chi connectivity index (χ2n) is 6.15. The lowest BCUT2D eigenvalue weighted by atomic mass is 10.1. The molecule has 0 aliphatic rings.